The molecule has 0 aliphatic heterocycles. The first-order chi connectivity index (χ1) is 24.7. The highest BCUT2D eigenvalue weighted by atomic mass is 16.3. The summed E-state index contributed by atoms with van der Waals surface area (Å²) in [6.45, 7) is 4.81. The summed E-state index contributed by atoms with van der Waals surface area (Å²) in [5.74, 6) is 0. The third-order valence-corrected chi connectivity index (χ3v) is 11.8. The van der Waals surface area contributed by atoms with Crippen LogP contribution in [0.3, 0.4) is 0 Å². The normalized spacial score (nSPS) is 12.0. The molecule has 0 heterocycles. The first kappa shape index (κ1) is 49.9. The second-order valence-electron chi connectivity index (χ2n) is 17.0. The molecule has 0 amide bonds. The lowest BCUT2D eigenvalue weighted by molar-refractivity contribution is 0.00392. The van der Waals surface area contributed by atoms with Gasteiger partial charge < -0.3 is 10.2 Å². The zero-order valence-corrected chi connectivity index (χ0v) is 35.2. The monoisotopic (exact) mass is 707 g/mol. The molecule has 0 unspecified atom stereocenters. The van der Waals surface area contributed by atoms with Crippen molar-refractivity contribution >= 4 is 0 Å². The molecule has 0 aromatic rings. The van der Waals surface area contributed by atoms with Crippen molar-refractivity contribution < 1.29 is 10.2 Å². The molecule has 0 radical (unpaired) electrons. The van der Waals surface area contributed by atoms with Gasteiger partial charge in [0.05, 0.1) is 5.60 Å². The summed E-state index contributed by atoms with van der Waals surface area (Å²) in [6, 6.07) is 0. The van der Waals surface area contributed by atoms with E-state index in [1.54, 1.807) is 0 Å². The predicted octanol–water partition coefficient (Wildman–Crippen LogP) is 16.9. The van der Waals surface area contributed by atoms with Gasteiger partial charge in [-0.2, -0.15) is 0 Å². The molecule has 0 saturated carbocycles. The molecule has 0 aliphatic rings. The van der Waals surface area contributed by atoms with Gasteiger partial charge in [-0.05, 0) is 25.7 Å². The number of aliphatic hydroxyl groups is 2. The molecule has 0 rings (SSSR count). The molecule has 0 saturated heterocycles. The summed E-state index contributed by atoms with van der Waals surface area (Å²) in [4.78, 5) is 0. The smallest absolute Gasteiger partial charge is 0.0648 e. The summed E-state index contributed by atoms with van der Waals surface area (Å²) in [5.41, 5.74) is -0.536. The lowest BCUT2D eigenvalue weighted by Gasteiger charge is -2.28. The minimum absolute atomic E-state index is 0.209. The van der Waals surface area contributed by atoms with Gasteiger partial charge in [0.1, 0.15) is 0 Å². The Morgan fingerprint density at radius 1 is 0.240 bits per heavy atom. The molecular formula is C48H98O2. The highest BCUT2D eigenvalue weighted by molar-refractivity contribution is 4.78. The fourth-order valence-electron chi connectivity index (χ4n) is 8.20. The molecule has 302 valence electrons. The lowest BCUT2D eigenvalue weighted by atomic mass is 9.86. The third-order valence-electron chi connectivity index (χ3n) is 11.8. The van der Waals surface area contributed by atoms with E-state index in [2.05, 4.69) is 13.8 Å². The van der Waals surface area contributed by atoms with Gasteiger partial charge in [0.15, 0.2) is 0 Å². The maximum absolute atomic E-state index is 11.3. The molecule has 0 aromatic heterocycles. The van der Waals surface area contributed by atoms with Gasteiger partial charge in [0.2, 0.25) is 0 Å². The van der Waals surface area contributed by atoms with Crippen molar-refractivity contribution in [2.75, 3.05) is 6.61 Å². The second kappa shape index (κ2) is 43.3. The van der Waals surface area contributed by atoms with Crippen molar-refractivity contribution in [2.24, 2.45) is 0 Å². The van der Waals surface area contributed by atoms with E-state index in [9.17, 15) is 10.2 Å². The number of aliphatic hydroxyl groups excluding tert-OH is 1. The highest BCUT2D eigenvalue weighted by Crippen LogP contribution is 2.28. The van der Waals surface area contributed by atoms with E-state index in [1.807, 2.05) is 0 Å². The van der Waals surface area contributed by atoms with Gasteiger partial charge in [-0.3, -0.25) is 0 Å². The fourth-order valence-corrected chi connectivity index (χ4v) is 8.20. The van der Waals surface area contributed by atoms with E-state index in [4.69, 9.17) is 0 Å². The summed E-state index contributed by atoms with van der Waals surface area (Å²) < 4.78 is 0. The summed E-state index contributed by atoms with van der Waals surface area (Å²) in [5, 5.41) is 20.7. The molecule has 0 spiro atoms. The van der Waals surface area contributed by atoms with Gasteiger partial charge in [-0.1, -0.05) is 271 Å². The molecule has 0 bridgehead atoms. The van der Waals surface area contributed by atoms with Gasteiger partial charge in [-0.15, -0.1) is 0 Å². The molecule has 50 heavy (non-hydrogen) atoms. The maximum Gasteiger partial charge on any atom is 0.0648 e. The summed E-state index contributed by atoms with van der Waals surface area (Å²) >= 11 is 0. The Balaban J connectivity index is 3.52. The van der Waals surface area contributed by atoms with E-state index in [1.165, 1.54) is 244 Å². The van der Waals surface area contributed by atoms with Crippen molar-refractivity contribution in [3.63, 3.8) is 0 Å². The predicted molar refractivity (Wildman–Crippen MR) is 227 cm³/mol. The third kappa shape index (κ3) is 40.7. The lowest BCUT2D eigenvalue weighted by Crippen LogP contribution is -2.29. The van der Waals surface area contributed by atoms with E-state index in [-0.39, 0.29) is 6.61 Å². The zero-order chi connectivity index (χ0) is 36.3. The van der Waals surface area contributed by atoms with Crippen molar-refractivity contribution in [3.8, 4) is 0 Å². The van der Waals surface area contributed by atoms with Crippen LogP contribution >= 0.6 is 0 Å². The molecule has 0 aliphatic carbocycles. The zero-order valence-electron chi connectivity index (χ0n) is 35.2. The molecule has 2 heteroatoms. The van der Waals surface area contributed by atoms with Crippen LogP contribution in [0.5, 0.6) is 0 Å². The molecule has 0 atom stereocenters. The Hall–Kier alpha value is -0.0800. The van der Waals surface area contributed by atoms with E-state index >= 15 is 0 Å². The average Bonchev–Trinajstić information content (AvgIpc) is 3.12. The van der Waals surface area contributed by atoms with Crippen LogP contribution in [0.15, 0.2) is 0 Å². The van der Waals surface area contributed by atoms with Crippen LogP contribution < -0.4 is 0 Å². The van der Waals surface area contributed by atoms with E-state index in [0.717, 1.165) is 38.5 Å². The molecule has 2 N–H and O–H groups in total. The van der Waals surface area contributed by atoms with Gasteiger partial charge in [-0.25, -0.2) is 0 Å². The number of hydrogen-bond donors (Lipinski definition) is 2. The number of rotatable bonds is 45. The van der Waals surface area contributed by atoms with Crippen LogP contribution in [-0.2, 0) is 0 Å². The van der Waals surface area contributed by atoms with Crippen LogP contribution in [0, 0.1) is 0 Å². The van der Waals surface area contributed by atoms with Crippen molar-refractivity contribution in [3.05, 3.63) is 0 Å². The van der Waals surface area contributed by atoms with Crippen molar-refractivity contribution in [2.45, 2.75) is 302 Å². The van der Waals surface area contributed by atoms with Crippen molar-refractivity contribution in [1.29, 1.82) is 0 Å². The highest BCUT2D eigenvalue weighted by Gasteiger charge is 2.25. The standard InChI is InChI=1S/C48H98O2/c1-3-5-7-9-11-13-15-17-19-21-23-25-27-29-31-33-35-37-39-41-44-48(50,46-43-47-49)45-42-40-38-36-34-32-30-28-26-24-22-20-18-16-14-12-10-8-6-4-2/h49-50H,3-47H2,1-2H3. The van der Waals surface area contributed by atoms with Crippen LogP contribution in [0.1, 0.15) is 296 Å². The van der Waals surface area contributed by atoms with Crippen LogP contribution in [0.25, 0.3) is 0 Å². The van der Waals surface area contributed by atoms with Gasteiger partial charge in [0.25, 0.3) is 0 Å². The Morgan fingerprint density at radius 3 is 0.580 bits per heavy atom. The Bertz CT molecular complexity index is 545. The van der Waals surface area contributed by atoms with Crippen LogP contribution in [-0.4, -0.2) is 22.4 Å². The molecule has 0 aromatic carbocycles. The van der Waals surface area contributed by atoms with Gasteiger partial charge in [0, 0.05) is 6.61 Å². The second-order valence-corrected chi connectivity index (χ2v) is 17.0. The number of hydrogen-bond acceptors (Lipinski definition) is 2. The number of unbranched alkanes of at least 4 members (excludes halogenated alkanes) is 38. The van der Waals surface area contributed by atoms with Crippen LogP contribution in [0.2, 0.25) is 0 Å². The van der Waals surface area contributed by atoms with E-state index < -0.39 is 5.60 Å². The Kier molecular flexibility index (Phi) is 43.3. The topological polar surface area (TPSA) is 40.5 Å². The summed E-state index contributed by atoms with van der Waals surface area (Å²) in [6.07, 6.45) is 59.7. The largest absolute Gasteiger partial charge is 0.396 e. The fraction of sp³-hybridized carbons (Fsp3) is 1.00. The minimum Gasteiger partial charge on any atom is -0.396 e. The van der Waals surface area contributed by atoms with Crippen LogP contribution in [0.4, 0.5) is 0 Å². The molecule has 0 fully saturated rings. The summed E-state index contributed by atoms with van der Waals surface area (Å²) in [7, 11) is 0. The first-order valence-electron chi connectivity index (χ1n) is 24.0. The maximum atomic E-state index is 11.3. The van der Waals surface area contributed by atoms with Gasteiger partial charge >= 0.3 is 0 Å². The van der Waals surface area contributed by atoms with E-state index in [0.29, 0.717) is 0 Å². The first-order valence-corrected chi connectivity index (χ1v) is 24.0. The molecule has 2 nitrogen and oxygen atoms in total. The Morgan fingerprint density at radius 2 is 0.400 bits per heavy atom. The van der Waals surface area contributed by atoms with Crippen molar-refractivity contribution in [1.82, 2.24) is 0 Å². The quantitative estimate of drug-likeness (QED) is 0.0619. The molecular weight excluding hydrogens is 609 g/mol. The SMILES string of the molecule is CCCCCCCCCCCCCCCCCCCCCCC(O)(CCCO)CCCCCCCCCCCCCCCCCCCCCC. The average molecular weight is 707 g/mol. The Labute approximate surface area is 317 Å². The minimum atomic E-state index is -0.536.